The third kappa shape index (κ3) is 4.23. The summed E-state index contributed by atoms with van der Waals surface area (Å²) in [6, 6.07) is 9.53. The van der Waals surface area contributed by atoms with Crippen LogP contribution in [0.2, 0.25) is 0 Å². The minimum Gasteiger partial charge on any atom is -0.493 e. The fourth-order valence-electron chi connectivity index (χ4n) is 2.10. The van der Waals surface area contributed by atoms with E-state index in [1.165, 1.54) is 32.4 Å². The molecule has 0 aromatic heterocycles. The fourth-order valence-corrected chi connectivity index (χ4v) is 3.19. The van der Waals surface area contributed by atoms with Gasteiger partial charge in [0.25, 0.3) is 5.91 Å². The average Bonchev–Trinajstić information content (AvgIpc) is 2.55. The van der Waals surface area contributed by atoms with E-state index in [4.69, 9.17) is 9.47 Å². The van der Waals surface area contributed by atoms with E-state index >= 15 is 0 Å². The molecule has 2 aromatic carbocycles. The number of nitrogens with one attached hydrogen (secondary N) is 1. The molecule has 0 fully saturated rings. The highest BCUT2D eigenvalue weighted by atomic mass is 32.2. The first kappa shape index (κ1) is 17.7. The largest absolute Gasteiger partial charge is 0.493 e. The van der Waals surface area contributed by atoms with Gasteiger partial charge in [0.15, 0.2) is 11.5 Å². The second-order valence-electron chi connectivity index (χ2n) is 4.86. The molecule has 0 heterocycles. The number of rotatable bonds is 6. The van der Waals surface area contributed by atoms with Gasteiger partial charge in [-0.2, -0.15) is 0 Å². The Labute approximate surface area is 139 Å². The number of benzene rings is 2. The van der Waals surface area contributed by atoms with E-state index in [-0.39, 0.29) is 11.3 Å². The molecule has 8 heteroatoms. The van der Waals surface area contributed by atoms with Crippen LogP contribution in [0.5, 0.6) is 11.5 Å². The molecule has 0 saturated heterocycles. The summed E-state index contributed by atoms with van der Waals surface area (Å²) in [7, 11) is -1.20. The molecule has 0 saturated carbocycles. The van der Waals surface area contributed by atoms with Crippen LogP contribution in [0.25, 0.3) is 0 Å². The molecule has 0 spiro atoms. The van der Waals surface area contributed by atoms with E-state index in [2.05, 4.69) is 0 Å². The number of sulfonamides is 1. The predicted molar refractivity (Wildman–Crippen MR) is 86.0 cm³/mol. The van der Waals surface area contributed by atoms with Crippen molar-refractivity contribution in [3.8, 4) is 11.5 Å². The first-order valence-corrected chi connectivity index (χ1v) is 8.52. The molecule has 0 bridgehead atoms. The van der Waals surface area contributed by atoms with Crippen LogP contribution in [0.1, 0.15) is 15.9 Å². The summed E-state index contributed by atoms with van der Waals surface area (Å²) in [6.45, 7) is 0. The van der Waals surface area contributed by atoms with E-state index in [0.717, 1.165) is 12.1 Å². The van der Waals surface area contributed by atoms with Gasteiger partial charge in [0.05, 0.1) is 25.5 Å². The summed E-state index contributed by atoms with van der Waals surface area (Å²) in [6.07, 6.45) is 0. The van der Waals surface area contributed by atoms with Crippen molar-refractivity contribution in [1.82, 2.24) is 4.72 Å². The molecule has 128 valence electrons. The first-order valence-electron chi connectivity index (χ1n) is 6.86. The van der Waals surface area contributed by atoms with Crippen LogP contribution in [0.3, 0.4) is 0 Å². The van der Waals surface area contributed by atoms with Gasteiger partial charge in [-0.3, -0.25) is 4.79 Å². The van der Waals surface area contributed by atoms with Crippen molar-refractivity contribution < 1.29 is 27.1 Å². The number of carbonyl (C=O) groups is 1. The molecule has 0 atom stereocenters. The molecule has 0 aliphatic carbocycles. The molecule has 0 radical (unpaired) electrons. The van der Waals surface area contributed by atoms with E-state index < -0.39 is 27.5 Å². The zero-order valence-corrected chi connectivity index (χ0v) is 13.9. The number of halogens is 1. The molecular weight excluding hydrogens is 337 g/mol. The van der Waals surface area contributed by atoms with Crippen LogP contribution in [0, 0.1) is 5.82 Å². The summed E-state index contributed by atoms with van der Waals surface area (Å²) < 4.78 is 49.3. The molecule has 6 nitrogen and oxygen atoms in total. The number of amides is 1. The van der Waals surface area contributed by atoms with Crippen molar-refractivity contribution in [2.24, 2.45) is 0 Å². The summed E-state index contributed by atoms with van der Waals surface area (Å²) in [5, 5.41) is 0. The molecule has 2 aromatic rings. The van der Waals surface area contributed by atoms with Crippen molar-refractivity contribution >= 4 is 15.9 Å². The van der Waals surface area contributed by atoms with Gasteiger partial charge in [-0.25, -0.2) is 17.5 Å². The van der Waals surface area contributed by atoms with E-state index in [1.807, 2.05) is 4.72 Å². The highest BCUT2D eigenvalue weighted by molar-refractivity contribution is 7.89. The van der Waals surface area contributed by atoms with Gasteiger partial charge in [0, 0.05) is 0 Å². The SMILES string of the molecule is COc1cccc(C(=O)NS(=O)(=O)Cc2ccc(F)cc2)c1OC. The zero-order valence-electron chi connectivity index (χ0n) is 13.1. The van der Waals surface area contributed by atoms with Crippen molar-refractivity contribution in [2.75, 3.05) is 14.2 Å². The minimum absolute atomic E-state index is 0.0273. The Morgan fingerprint density at radius 3 is 2.33 bits per heavy atom. The Morgan fingerprint density at radius 2 is 1.75 bits per heavy atom. The first-order chi connectivity index (χ1) is 11.4. The van der Waals surface area contributed by atoms with Gasteiger partial charge in [-0.1, -0.05) is 18.2 Å². The lowest BCUT2D eigenvalue weighted by Crippen LogP contribution is -2.31. The van der Waals surface area contributed by atoms with E-state index in [1.54, 1.807) is 12.1 Å². The molecule has 1 N–H and O–H groups in total. The Balaban J connectivity index is 2.21. The number of methoxy groups -OCH3 is 2. The van der Waals surface area contributed by atoms with Gasteiger partial charge in [-0.05, 0) is 29.8 Å². The summed E-state index contributed by atoms with van der Waals surface area (Å²) >= 11 is 0. The second-order valence-corrected chi connectivity index (χ2v) is 6.58. The Kier molecular flexibility index (Phi) is 5.40. The maximum atomic E-state index is 12.9. The number of hydrogen-bond acceptors (Lipinski definition) is 5. The van der Waals surface area contributed by atoms with Gasteiger partial charge in [0.2, 0.25) is 10.0 Å². The Hall–Kier alpha value is -2.61. The molecule has 0 unspecified atom stereocenters. The molecule has 0 aliphatic rings. The minimum atomic E-state index is -3.96. The summed E-state index contributed by atoms with van der Waals surface area (Å²) in [5.74, 6) is -1.32. The number of carbonyl (C=O) groups excluding carboxylic acids is 1. The van der Waals surface area contributed by atoms with Crippen molar-refractivity contribution in [1.29, 1.82) is 0 Å². The topological polar surface area (TPSA) is 81.7 Å². The number of hydrogen-bond donors (Lipinski definition) is 1. The normalized spacial score (nSPS) is 11.0. The Bertz CT molecular complexity index is 834. The quantitative estimate of drug-likeness (QED) is 0.860. The number of para-hydroxylation sites is 1. The van der Waals surface area contributed by atoms with Crippen molar-refractivity contribution in [3.63, 3.8) is 0 Å². The van der Waals surface area contributed by atoms with Gasteiger partial charge < -0.3 is 9.47 Å². The van der Waals surface area contributed by atoms with Crippen LogP contribution in [0.4, 0.5) is 4.39 Å². The highest BCUT2D eigenvalue weighted by Gasteiger charge is 2.21. The maximum Gasteiger partial charge on any atom is 0.268 e. The Morgan fingerprint density at radius 1 is 1.08 bits per heavy atom. The third-order valence-corrected chi connectivity index (χ3v) is 4.38. The van der Waals surface area contributed by atoms with Gasteiger partial charge in [-0.15, -0.1) is 0 Å². The van der Waals surface area contributed by atoms with Crippen molar-refractivity contribution in [3.05, 3.63) is 59.4 Å². The lowest BCUT2D eigenvalue weighted by Gasteiger charge is -2.12. The van der Waals surface area contributed by atoms with Crippen LogP contribution < -0.4 is 14.2 Å². The van der Waals surface area contributed by atoms with Crippen molar-refractivity contribution in [2.45, 2.75) is 5.75 Å². The monoisotopic (exact) mass is 353 g/mol. The smallest absolute Gasteiger partial charge is 0.268 e. The van der Waals surface area contributed by atoms with Crippen LogP contribution >= 0.6 is 0 Å². The third-order valence-electron chi connectivity index (χ3n) is 3.17. The average molecular weight is 353 g/mol. The van der Waals surface area contributed by atoms with Crippen LogP contribution in [-0.4, -0.2) is 28.5 Å². The van der Waals surface area contributed by atoms with Crippen LogP contribution in [0.15, 0.2) is 42.5 Å². The highest BCUT2D eigenvalue weighted by Crippen LogP contribution is 2.30. The summed E-state index contributed by atoms with van der Waals surface area (Å²) in [4.78, 5) is 12.3. The summed E-state index contributed by atoms with van der Waals surface area (Å²) in [5.41, 5.74) is 0.383. The standard InChI is InChI=1S/C16H16FNO5S/c1-22-14-5-3-4-13(15(14)23-2)16(19)18-24(20,21)10-11-6-8-12(17)9-7-11/h3-9H,10H2,1-2H3,(H,18,19). The van der Waals surface area contributed by atoms with Gasteiger partial charge in [0.1, 0.15) is 5.82 Å². The molecular formula is C16H16FNO5S. The lowest BCUT2D eigenvalue weighted by molar-refractivity contribution is 0.0977. The molecule has 1 amide bonds. The zero-order chi connectivity index (χ0) is 17.7. The number of ether oxygens (including phenoxy) is 2. The molecule has 2 rings (SSSR count). The van der Waals surface area contributed by atoms with Gasteiger partial charge >= 0.3 is 0 Å². The predicted octanol–water partition coefficient (Wildman–Crippen LogP) is 2.10. The molecule has 24 heavy (non-hydrogen) atoms. The fraction of sp³-hybridized carbons (Fsp3) is 0.188. The van der Waals surface area contributed by atoms with E-state index in [9.17, 15) is 17.6 Å². The van der Waals surface area contributed by atoms with Crippen LogP contribution in [-0.2, 0) is 15.8 Å². The molecule has 0 aliphatic heterocycles. The maximum absolute atomic E-state index is 12.9. The van der Waals surface area contributed by atoms with E-state index in [0.29, 0.717) is 11.3 Å². The second kappa shape index (κ2) is 7.31. The lowest BCUT2D eigenvalue weighted by atomic mass is 10.2.